The van der Waals surface area contributed by atoms with Gasteiger partial charge in [-0.15, -0.1) is 0 Å². The topological polar surface area (TPSA) is 3.88 Å². The van der Waals surface area contributed by atoms with Crippen molar-refractivity contribution in [2.45, 2.75) is 20.8 Å². The lowest BCUT2D eigenvalue weighted by molar-refractivity contribution is -0.660. The van der Waals surface area contributed by atoms with Gasteiger partial charge in [0.1, 0.15) is 8.42 Å². The molecule has 0 saturated carbocycles. The van der Waals surface area contributed by atoms with Gasteiger partial charge in [-0.1, -0.05) is 17.6 Å². The summed E-state index contributed by atoms with van der Waals surface area (Å²) in [6, 6.07) is 0.207. The lowest BCUT2D eigenvalue weighted by Crippen LogP contribution is -2.30. The zero-order valence-corrected chi connectivity index (χ0v) is 9.95. The van der Waals surface area contributed by atoms with Crippen molar-refractivity contribution in [2.75, 3.05) is 0 Å². The Morgan fingerprint density at radius 1 is 1.00 bits per heavy atom. The predicted octanol–water partition coefficient (Wildman–Crippen LogP) is 3.10. The van der Waals surface area contributed by atoms with E-state index in [1.165, 1.54) is 4.57 Å². The minimum atomic E-state index is -0.0403. The summed E-state index contributed by atoms with van der Waals surface area (Å²) >= 11 is 0. The Balaban J connectivity index is 3.03. The van der Waals surface area contributed by atoms with Crippen LogP contribution in [0.2, 0.25) is 0 Å². The van der Waals surface area contributed by atoms with Crippen LogP contribution in [0.4, 0.5) is 0 Å². The quantitative estimate of drug-likeness (QED) is 0.648. The fourth-order valence-electron chi connectivity index (χ4n) is 1.55. The maximum Gasteiger partial charge on any atom is 0.212 e. The first kappa shape index (κ1) is 5.62. The molecule has 82 valence electrons. The van der Waals surface area contributed by atoms with E-state index >= 15 is 0 Å². The maximum atomic E-state index is 8.29. The highest BCUT2D eigenvalue weighted by molar-refractivity contribution is 5.62. The maximum absolute atomic E-state index is 8.29. The Kier molecular flexibility index (Phi) is 1.44. The van der Waals surface area contributed by atoms with Crippen LogP contribution in [0.15, 0.2) is 36.4 Å². The normalized spacial score (nSPS) is 15.8. The van der Waals surface area contributed by atoms with Gasteiger partial charge in [-0.05, 0) is 37.9 Å². The molecule has 0 aliphatic heterocycles. The molecule has 0 spiro atoms. The van der Waals surface area contributed by atoms with Crippen LogP contribution >= 0.6 is 0 Å². The van der Waals surface area contributed by atoms with Crippen LogP contribution in [0.3, 0.4) is 0 Å². The lowest BCUT2D eigenvalue weighted by atomic mass is 10.0. The molecular weight excluding hydrogens is 194 g/mol. The number of aromatic nitrogens is 1. The molecule has 1 aromatic carbocycles. The van der Waals surface area contributed by atoms with E-state index in [0.29, 0.717) is 27.9 Å². The Bertz CT molecular complexity index is 672. The number of benzene rings is 1. The highest BCUT2D eigenvalue weighted by Crippen LogP contribution is 2.21. The van der Waals surface area contributed by atoms with Gasteiger partial charge in [-0.25, -0.2) is 4.57 Å². The van der Waals surface area contributed by atoms with Gasteiger partial charge >= 0.3 is 0 Å². The Hall–Kier alpha value is -1.63. The summed E-state index contributed by atoms with van der Waals surface area (Å²) in [4.78, 5) is 0. The zero-order valence-electron chi connectivity index (χ0n) is 15.9. The van der Waals surface area contributed by atoms with Crippen LogP contribution in [0.1, 0.15) is 24.9 Å². The third kappa shape index (κ3) is 1.99. The van der Waals surface area contributed by atoms with Crippen molar-refractivity contribution in [2.24, 2.45) is 7.05 Å². The van der Waals surface area contributed by atoms with Gasteiger partial charge in [0.2, 0.25) is 5.69 Å². The number of pyridine rings is 1. The second-order valence-corrected chi connectivity index (χ2v) is 3.89. The molecule has 1 heterocycles. The Morgan fingerprint density at radius 2 is 1.69 bits per heavy atom. The monoisotopic (exact) mass is 218 g/mol. The largest absolute Gasteiger partial charge is 0.212 e. The minimum absolute atomic E-state index is 0.0136. The number of hydrogen-bond acceptors (Lipinski definition) is 0. The smallest absolute Gasteiger partial charge is 0.201 e. The van der Waals surface area contributed by atoms with Crippen molar-refractivity contribution < 1.29 is 12.8 Å². The van der Waals surface area contributed by atoms with Gasteiger partial charge < -0.3 is 0 Å². The summed E-state index contributed by atoms with van der Waals surface area (Å²) in [6.07, 6.45) is -0.0403. The van der Waals surface area contributed by atoms with Crippen LogP contribution in [-0.4, -0.2) is 0 Å². The van der Waals surface area contributed by atoms with Gasteiger partial charge in [-0.2, -0.15) is 0 Å². The lowest BCUT2D eigenvalue weighted by Gasteiger charge is -2.06. The van der Waals surface area contributed by atoms with Crippen LogP contribution in [0.25, 0.3) is 11.3 Å². The molecule has 1 heteroatoms. The summed E-state index contributed by atoms with van der Waals surface area (Å²) in [5, 5.41) is 0. The third-order valence-corrected chi connectivity index (χ3v) is 2.41. The zero-order chi connectivity index (χ0) is 16.9. The molecule has 0 saturated heterocycles. The van der Waals surface area contributed by atoms with E-state index < -0.39 is 0 Å². The van der Waals surface area contributed by atoms with E-state index in [1.807, 2.05) is 0 Å². The molecule has 2 aromatic rings. The molecule has 0 N–H and O–H groups in total. The van der Waals surface area contributed by atoms with Gasteiger partial charge in [0.15, 0.2) is 6.17 Å². The van der Waals surface area contributed by atoms with Crippen LogP contribution in [0, 0.1) is 20.8 Å². The Morgan fingerprint density at radius 3 is 2.44 bits per heavy atom. The average molecular weight is 218 g/mol. The molecule has 0 amide bonds. The first-order chi connectivity index (χ1) is 10.1. The molecular formula is C15H18N+. The highest BCUT2D eigenvalue weighted by Gasteiger charge is 2.12. The first-order valence-electron chi connectivity index (χ1n) is 8.14. The van der Waals surface area contributed by atoms with E-state index in [4.69, 9.17) is 8.22 Å². The fourth-order valence-corrected chi connectivity index (χ4v) is 1.55. The highest BCUT2D eigenvalue weighted by atomic mass is 14.9. The van der Waals surface area contributed by atoms with E-state index in [9.17, 15) is 0 Å². The molecule has 0 fully saturated rings. The van der Waals surface area contributed by atoms with Crippen molar-refractivity contribution in [3.8, 4) is 11.3 Å². The summed E-state index contributed by atoms with van der Waals surface area (Å²) in [6.45, 7) is 4.88. The molecule has 0 radical (unpaired) electrons. The number of hydrogen-bond donors (Lipinski definition) is 0. The second-order valence-electron chi connectivity index (χ2n) is 3.89. The average Bonchev–Trinajstić information content (AvgIpc) is 2.50. The number of rotatable bonds is 1. The van der Waals surface area contributed by atoms with Crippen molar-refractivity contribution >= 4 is 0 Å². The van der Waals surface area contributed by atoms with Crippen molar-refractivity contribution in [1.82, 2.24) is 0 Å². The van der Waals surface area contributed by atoms with E-state index in [2.05, 4.69) is 0 Å². The second kappa shape index (κ2) is 4.09. The van der Waals surface area contributed by atoms with Gasteiger partial charge in [0.05, 0.1) is 6.85 Å². The molecule has 16 heavy (non-hydrogen) atoms. The van der Waals surface area contributed by atoms with Gasteiger partial charge in [0, 0.05) is 17.6 Å². The molecule has 1 nitrogen and oxygen atoms in total. The van der Waals surface area contributed by atoms with E-state index in [1.54, 1.807) is 27.8 Å². The summed E-state index contributed by atoms with van der Waals surface area (Å²) in [5.41, 5.74) is 1.93. The van der Waals surface area contributed by atoms with Crippen LogP contribution in [0.5, 0.6) is 0 Å². The SMILES string of the molecule is [2H]c1c([2H])c(C)c(-c2c([2H])c(C)c([2H])c([2H])[n+]2C)c([2H])c1C. The van der Waals surface area contributed by atoms with Crippen molar-refractivity contribution in [3.05, 3.63) is 53.1 Å². The van der Waals surface area contributed by atoms with Crippen molar-refractivity contribution in [1.29, 1.82) is 0 Å². The summed E-state index contributed by atoms with van der Waals surface area (Å²) in [7, 11) is 1.58. The molecule has 0 unspecified atom stereocenters. The predicted molar refractivity (Wildman–Crippen MR) is 67.3 cm³/mol. The standard InChI is InChI=1S/C15H18N/c1-11-5-6-13(3)14(9-11)15-10-12(2)7-8-16(15)4/h5-10H,1-4H3/q+1/i5D,6D,7D,8D,9D,10D. The van der Waals surface area contributed by atoms with Gasteiger partial charge in [-0.3, -0.25) is 0 Å². The van der Waals surface area contributed by atoms with Crippen LogP contribution < -0.4 is 4.57 Å². The third-order valence-electron chi connectivity index (χ3n) is 2.41. The molecule has 1 aromatic heterocycles. The van der Waals surface area contributed by atoms with Crippen LogP contribution in [-0.2, 0) is 7.05 Å². The molecule has 0 atom stereocenters. The van der Waals surface area contributed by atoms with Crippen molar-refractivity contribution in [3.63, 3.8) is 0 Å². The Labute approximate surface area is 106 Å². The molecule has 2 rings (SSSR count). The summed E-state index contributed by atoms with van der Waals surface area (Å²) < 4.78 is 49.8. The van der Waals surface area contributed by atoms with E-state index in [-0.39, 0.29) is 36.4 Å². The molecule has 0 aliphatic carbocycles. The first-order valence-corrected chi connectivity index (χ1v) is 5.14. The van der Waals surface area contributed by atoms with Gasteiger partial charge in [0.25, 0.3) is 0 Å². The minimum Gasteiger partial charge on any atom is -0.201 e. The van der Waals surface area contributed by atoms with E-state index in [0.717, 1.165) is 0 Å². The molecule has 0 bridgehead atoms. The molecule has 0 aliphatic rings. The summed E-state index contributed by atoms with van der Waals surface area (Å²) in [5.74, 6) is 0. The number of nitrogens with zero attached hydrogens (tertiary/aromatic N) is 1. The fraction of sp³-hybridized carbons (Fsp3) is 0.267.